The van der Waals surface area contributed by atoms with Crippen LogP contribution in [0.25, 0.3) is 11.3 Å². The highest BCUT2D eigenvalue weighted by Crippen LogP contribution is 2.25. The Morgan fingerprint density at radius 3 is 2.45 bits per heavy atom. The molecular formula is C37H50N8O7Si. The maximum atomic E-state index is 12.9. The Balaban J connectivity index is 1.39. The van der Waals surface area contributed by atoms with E-state index in [0.29, 0.717) is 43.4 Å². The molecule has 53 heavy (non-hydrogen) atoms. The van der Waals surface area contributed by atoms with Crippen LogP contribution in [0.2, 0.25) is 25.7 Å². The number of carboxylic acids is 1. The van der Waals surface area contributed by atoms with Gasteiger partial charge < -0.3 is 35.8 Å². The molecule has 0 bridgehead atoms. The maximum Gasteiger partial charge on any atom is 0.305 e. The number of nitrogens with zero attached hydrogens (tertiary/aromatic N) is 5. The molecule has 0 aliphatic rings. The first kappa shape index (κ1) is 40.3. The minimum absolute atomic E-state index is 0.0911. The van der Waals surface area contributed by atoms with E-state index < -0.39 is 31.9 Å². The van der Waals surface area contributed by atoms with Crippen molar-refractivity contribution in [2.75, 3.05) is 31.7 Å². The molecule has 0 saturated heterocycles. The van der Waals surface area contributed by atoms with Crippen LogP contribution in [0.15, 0.2) is 67.0 Å². The summed E-state index contributed by atoms with van der Waals surface area (Å²) in [6.45, 7) is 8.00. The molecule has 2 aromatic carbocycles. The van der Waals surface area contributed by atoms with Gasteiger partial charge in [-0.25, -0.2) is 4.98 Å². The summed E-state index contributed by atoms with van der Waals surface area (Å²) < 4.78 is 14.7. The lowest BCUT2D eigenvalue weighted by Gasteiger charge is -2.25. The van der Waals surface area contributed by atoms with E-state index in [1.54, 1.807) is 47.9 Å². The number of aryl methyl sites for hydroxylation is 1. The first-order valence-corrected chi connectivity index (χ1v) is 21.1. The van der Waals surface area contributed by atoms with Crippen LogP contribution in [-0.2, 0) is 39.4 Å². The normalized spacial score (nSPS) is 11.9. The first-order chi connectivity index (χ1) is 25.2. The highest BCUT2D eigenvalue weighted by atomic mass is 28.3. The number of carbonyl (C=O) groups is 4. The van der Waals surface area contributed by atoms with Crippen molar-refractivity contribution in [1.82, 2.24) is 30.0 Å². The summed E-state index contributed by atoms with van der Waals surface area (Å²) in [7, 11) is 2.08. The van der Waals surface area contributed by atoms with Gasteiger partial charge >= 0.3 is 5.97 Å². The molecule has 5 N–H and O–H groups in total. The van der Waals surface area contributed by atoms with Crippen molar-refractivity contribution in [2.24, 2.45) is 12.8 Å². The summed E-state index contributed by atoms with van der Waals surface area (Å²) in [5.74, 6) is -1.44. The van der Waals surface area contributed by atoms with Gasteiger partial charge in [0, 0.05) is 59.2 Å². The van der Waals surface area contributed by atoms with Crippen molar-refractivity contribution in [3.63, 3.8) is 0 Å². The summed E-state index contributed by atoms with van der Waals surface area (Å²) in [6, 6.07) is 16.8. The number of hydrogen-bond acceptors (Lipinski definition) is 9. The third kappa shape index (κ3) is 12.6. The number of amides is 3. The zero-order chi connectivity index (χ0) is 38.5. The number of rotatable bonds is 21. The topological polar surface area (TPSA) is 196 Å². The molecule has 0 unspecified atom stereocenters. The van der Waals surface area contributed by atoms with Crippen LogP contribution in [-0.4, -0.2) is 83.0 Å². The second kappa shape index (κ2) is 18.8. The van der Waals surface area contributed by atoms with Gasteiger partial charge in [0.05, 0.1) is 31.8 Å². The number of primary amides is 1. The first-order valence-electron chi connectivity index (χ1n) is 17.4. The molecule has 4 rings (SSSR count). The molecule has 0 saturated carbocycles. The van der Waals surface area contributed by atoms with Crippen LogP contribution in [0.5, 0.6) is 5.75 Å². The summed E-state index contributed by atoms with van der Waals surface area (Å²) >= 11 is 0. The number of nitrogens with one attached hydrogen (secondary N) is 2. The Labute approximate surface area is 310 Å². The molecule has 0 spiro atoms. The lowest BCUT2D eigenvalue weighted by molar-refractivity contribution is -0.138. The molecule has 15 nitrogen and oxygen atoms in total. The number of imidazole rings is 1. The van der Waals surface area contributed by atoms with Crippen molar-refractivity contribution in [2.45, 2.75) is 64.3 Å². The molecule has 284 valence electrons. The average molecular weight is 747 g/mol. The third-order valence-electron chi connectivity index (χ3n) is 8.45. The number of methoxy groups -OCH3 is 1. The van der Waals surface area contributed by atoms with E-state index in [9.17, 15) is 24.3 Å². The van der Waals surface area contributed by atoms with Gasteiger partial charge in [-0.3, -0.25) is 28.4 Å². The summed E-state index contributed by atoms with van der Waals surface area (Å²) in [4.78, 5) is 56.2. The van der Waals surface area contributed by atoms with Crippen molar-refractivity contribution in [1.29, 1.82) is 0 Å². The number of benzene rings is 2. The van der Waals surface area contributed by atoms with E-state index in [0.717, 1.165) is 22.9 Å². The third-order valence-corrected chi connectivity index (χ3v) is 10.2. The predicted octanol–water partition coefficient (Wildman–Crippen LogP) is 3.94. The summed E-state index contributed by atoms with van der Waals surface area (Å²) in [5.41, 5.74) is 8.93. The number of aromatic nitrogens is 4. The standard InChI is InChI=1S/C37H50N8O7Si/c1-43-32(15-16-40-43)28-9-6-8-27(20-28)30(21-35(48)49)41-34(47)22-39-33(46)10-7-17-44(23-26-11-13-29(51-2)14-12-26)37-42-31(36(38)50)24-45(37)25-52-18-19-53(3,4)5/h6,8-9,11-16,20,24,30H,7,10,17-19,21-23,25H2,1-5H3,(H2,38,50)(H,39,46)(H,41,47)(H,48,49)/t30-/m0/s1. The van der Waals surface area contributed by atoms with Crippen molar-refractivity contribution < 1.29 is 33.8 Å². The van der Waals surface area contributed by atoms with Crippen LogP contribution in [0.1, 0.15) is 46.9 Å². The number of carbonyl (C=O) groups excluding carboxylic acids is 3. The monoisotopic (exact) mass is 746 g/mol. The molecule has 1 atom stereocenters. The van der Waals surface area contributed by atoms with Crippen molar-refractivity contribution >= 4 is 37.7 Å². The molecule has 2 aromatic heterocycles. The van der Waals surface area contributed by atoms with E-state index in [2.05, 4.69) is 40.4 Å². The van der Waals surface area contributed by atoms with Gasteiger partial charge in [-0.15, -0.1) is 0 Å². The quantitative estimate of drug-likeness (QED) is 0.0717. The second-order valence-corrected chi connectivity index (χ2v) is 19.6. The van der Waals surface area contributed by atoms with Gasteiger partial charge in [0.1, 0.15) is 18.2 Å². The van der Waals surface area contributed by atoms with Gasteiger partial charge in [-0.1, -0.05) is 50.0 Å². The minimum atomic E-state index is -1.32. The van der Waals surface area contributed by atoms with Crippen molar-refractivity contribution in [3.8, 4) is 17.0 Å². The molecule has 0 fully saturated rings. The number of carboxylic acid groups (broad SMARTS) is 1. The Morgan fingerprint density at radius 2 is 1.81 bits per heavy atom. The Bertz CT molecular complexity index is 1850. The SMILES string of the molecule is COc1ccc(CN(CCCC(=O)NCC(=O)N[C@@H](CC(=O)O)c2cccc(-c3ccnn3C)c2)c2nc(C(N)=O)cn2COCC[Si](C)(C)C)cc1. The minimum Gasteiger partial charge on any atom is -0.497 e. The van der Waals surface area contributed by atoms with Crippen LogP contribution >= 0.6 is 0 Å². The van der Waals surface area contributed by atoms with Gasteiger partial charge in [0.15, 0.2) is 0 Å². The van der Waals surface area contributed by atoms with Crippen LogP contribution in [0.4, 0.5) is 5.95 Å². The number of hydrogen-bond donors (Lipinski definition) is 4. The number of ether oxygens (including phenoxy) is 2. The number of aliphatic carboxylic acids is 1. The zero-order valence-corrected chi connectivity index (χ0v) is 32.0. The smallest absolute Gasteiger partial charge is 0.305 e. The lowest BCUT2D eigenvalue weighted by atomic mass is 10.00. The molecule has 0 aliphatic carbocycles. The molecule has 4 aromatic rings. The van der Waals surface area contributed by atoms with Gasteiger partial charge in [0.25, 0.3) is 5.91 Å². The van der Waals surface area contributed by atoms with Crippen LogP contribution in [0.3, 0.4) is 0 Å². The maximum absolute atomic E-state index is 12.9. The van der Waals surface area contributed by atoms with E-state index in [1.165, 1.54) is 0 Å². The zero-order valence-electron chi connectivity index (χ0n) is 31.0. The van der Waals surface area contributed by atoms with E-state index >= 15 is 0 Å². The molecule has 16 heteroatoms. The Hall–Kier alpha value is -5.48. The highest BCUT2D eigenvalue weighted by molar-refractivity contribution is 6.76. The molecule has 0 radical (unpaired) electrons. The molecule has 2 heterocycles. The lowest BCUT2D eigenvalue weighted by Crippen LogP contribution is -2.39. The van der Waals surface area contributed by atoms with Crippen LogP contribution < -0.4 is 26.0 Å². The van der Waals surface area contributed by atoms with Gasteiger partial charge in [0.2, 0.25) is 17.8 Å². The number of nitrogens with two attached hydrogens (primary N) is 1. The second-order valence-electron chi connectivity index (χ2n) is 13.9. The molecular weight excluding hydrogens is 697 g/mol. The van der Waals surface area contributed by atoms with Crippen molar-refractivity contribution in [3.05, 3.63) is 83.8 Å². The van der Waals surface area contributed by atoms with E-state index in [4.69, 9.17) is 15.2 Å². The van der Waals surface area contributed by atoms with Gasteiger partial charge in [-0.05, 0) is 47.9 Å². The average Bonchev–Trinajstić information content (AvgIpc) is 3.75. The van der Waals surface area contributed by atoms with Crippen LogP contribution in [0, 0.1) is 0 Å². The Morgan fingerprint density at radius 1 is 1.06 bits per heavy atom. The largest absolute Gasteiger partial charge is 0.497 e. The fourth-order valence-corrected chi connectivity index (χ4v) is 6.31. The summed E-state index contributed by atoms with van der Waals surface area (Å²) in [5, 5.41) is 19.1. The Kier molecular flexibility index (Phi) is 14.3. The van der Waals surface area contributed by atoms with Gasteiger partial charge in [-0.2, -0.15) is 5.10 Å². The predicted molar refractivity (Wildman–Crippen MR) is 203 cm³/mol. The molecule has 3 amide bonds. The van der Waals surface area contributed by atoms with E-state index in [-0.39, 0.29) is 37.7 Å². The highest BCUT2D eigenvalue weighted by Gasteiger charge is 2.22. The fraction of sp³-hybridized carbons (Fsp3) is 0.405. The summed E-state index contributed by atoms with van der Waals surface area (Å²) in [6.07, 6.45) is 3.38. The fourth-order valence-electron chi connectivity index (χ4n) is 5.56. The number of anilines is 1. The van der Waals surface area contributed by atoms with E-state index in [1.807, 2.05) is 47.4 Å². The molecule has 0 aliphatic heterocycles.